The van der Waals surface area contributed by atoms with Gasteiger partial charge in [-0.3, -0.25) is 9.59 Å². The van der Waals surface area contributed by atoms with Gasteiger partial charge in [0.15, 0.2) is 6.07 Å². The number of nitrogens with zero attached hydrogens (tertiary/aromatic N) is 1. The number of carbonyl (C=O) groups excluding carboxylic acids is 2. The SMILES string of the molecule is N#CC(=O)NCCc1ccc2c(c1)NC(=O)CS2. The molecule has 2 rings (SSSR count). The molecule has 1 aliphatic rings. The van der Waals surface area contributed by atoms with E-state index >= 15 is 0 Å². The van der Waals surface area contributed by atoms with Crippen LogP contribution in [-0.4, -0.2) is 24.1 Å². The zero-order valence-corrected chi connectivity index (χ0v) is 10.3. The molecule has 0 unspecified atom stereocenters. The number of hydrogen-bond donors (Lipinski definition) is 2. The van der Waals surface area contributed by atoms with E-state index in [1.165, 1.54) is 17.8 Å². The van der Waals surface area contributed by atoms with Gasteiger partial charge in [0, 0.05) is 11.4 Å². The van der Waals surface area contributed by atoms with Gasteiger partial charge in [-0.1, -0.05) is 6.07 Å². The minimum Gasteiger partial charge on any atom is -0.343 e. The Labute approximate surface area is 109 Å². The van der Waals surface area contributed by atoms with Crippen molar-refractivity contribution < 1.29 is 9.59 Å². The maximum absolute atomic E-state index is 11.3. The number of nitrogens with one attached hydrogen (secondary N) is 2. The molecule has 6 heteroatoms. The highest BCUT2D eigenvalue weighted by atomic mass is 32.2. The largest absolute Gasteiger partial charge is 0.343 e. The number of hydrogen-bond acceptors (Lipinski definition) is 4. The number of benzene rings is 1. The highest BCUT2D eigenvalue weighted by Crippen LogP contribution is 2.31. The molecule has 1 aromatic rings. The van der Waals surface area contributed by atoms with Gasteiger partial charge >= 0.3 is 5.91 Å². The predicted molar refractivity (Wildman–Crippen MR) is 68.1 cm³/mol. The summed E-state index contributed by atoms with van der Waals surface area (Å²) >= 11 is 1.51. The summed E-state index contributed by atoms with van der Waals surface area (Å²) in [6.45, 7) is 0.409. The Hall–Kier alpha value is -2.00. The molecule has 0 fully saturated rings. The van der Waals surface area contributed by atoms with E-state index in [4.69, 9.17) is 5.26 Å². The van der Waals surface area contributed by atoms with E-state index in [2.05, 4.69) is 10.6 Å². The Bertz CT molecular complexity index is 537. The molecule has 18 heavy (non-hydrogen) atoms. The first-order valence-corrected chi connectivity index (χ1v) is 6.41. The van der Waals surface area contributed by atoms with Crippen LogP contribution in [0.3, 0.4) is 0 Å². The van der Waals surface area contributed by atoms with Gasteiger partial charge in [-0.15, -0.1) is 11.8 Å². The summed E-state index contributed by atoms with van der Waals surface area (Å²) in [7, 11) is 0. The Morgan fingerprint density at radius 1 is 1.56 bits per heavy atom. The molecule has 0 aromatic heterocycles. The standard InChI is InChI=1S/C12H11N3O2S/c13-6-11(16)14-4-3-8-1-2-10-9(5-8)15-12(17)7-18-10/h1-2,5H,3-4,7H2,(H,14,16)(H,15,17). The van der Waals surface area contributed by atoms with Gasteiger partial charge in [0.05, 0.1) is 11.4 Å². The van der Waals surface area contributed by atoms with Gasteiger partial charge in [-0.05, 0) is 24.1 Å². The molecule has 0 atom stereocenters. The fraction of sp³-hybridized carbons (Fsp3) is 0.250. The van der Waals surface area contributed by atoms with Crippen molar-refractivity contribution in [2.24, 2.45) is 0 Å². The maximum Gasteiger partial charge on any atom is 0.322 e. The number of thioether (sulfide) groups is 1. The van der Waals surface area contributed by atoms with Crippen molar-refractivity contribution in [3.63, 3.8) is 0 Å². The summed E-state index contributed by atoms with van der Waals surface area (Å²) in [5.41, 5.74) is 1.83. The zero-order chi connectivity index (χ0) is 13.0. The molecule has 5 nitrogen and oxygen atoms in total. The van der Waals surface area contributed by atoms with Crippen LogP contribution in [-0.2, 0) is 16.0 Å². The zero-order valence-electron chi connectivity index (χ0n) is 9.53. The lowest BCUT2D eigenvalue weighted by Gasteiger charge is -2.17. The Morgan fingerprint density at radius 2 is 2.39 bits per heavy atom. The van der Waals surface area contributed by atoms with Crippen molar-refractivity contribution in [3.05, 3.63) is 23.8 Å². The first kappa shape index (κ1) is 12.5. The number of fused-ring (bicyclic) bond motifs is 1. The minimum atomic E-state index is -0.628. The minimum absolute atomic E-state index is 0.00225. The van der Waals surface area contributed by atoms with Crippen LogP contribution in [0, 0.1) is 11.3 Å². The Kier molecular flexibility index (Phi) is 3.85. The number of carbonyl (C=O) groups is 2. The molecule has 0 saturated carbocycles. The summed E-state index contributed by atoms with van der Waals surface area (Å²) in [5, 5.41) is 13.6. The molecule has 92 valence electrons. The average molecular weight is 261 g/mol. The number of rotatable bonds is 3. The molecule has 1 heterocycles. The van der Waals surface area contributed by atoms with E-state index in [0.717, 1.165) is 16.1 Å². The first-order valence-electron chi connectivity index (χ1n) is 5.42. The van der Waals surface area contributed by atoms with E-state index in [9.17, 15) is 9.59 Å². The van der Waals surface area contributed by atoms with Gasteiger partial charge in [0.1, 0.15) is 0 Å². The fourth-order valence-electron chi connectivity index (χ4n) is 1.65. The van der Waals surface area contributed by atoms with Crippen LogP contribution in [0.1, 0.15) is 5.56 Å². The molecular weight excluding hydrogens is 250 g/mol. The summed E-state index contributed by atoms with van der Waals surface area (Å²) in [4.78, 5) is 23.1. The van der Waals surface area contributed by atoms with Gasteiger partial charge in [0.2, 0.25) is 5.91 Å². The maximum atomic E-state index is 11.3. The highest BCUT2D eigenvalue weighted by Gasteiger charge is 2.15. The van der Waals surface area contributed by atoms with Gasteiger partial charge in [0.25, 0.3) is 0 Å². The number of anilines is 1. The lowest BCUT2D eigenvalue weighted by molar-refractivity contribution is -0.116. The summed E-state index contributed by atoms with van der Waals surface area (Å²) in [6.07, 6.45) is 0.626. The van der Waals surface area contributed by atoms with E-state index in [1.807, 2.05) is 18.2 Å². The monoisotopic (exact) mass is 261 g/mol. The molecule has 1 aromatic carbocycles. The second kappa shape index (κ2) is 5.56. The van der Waals surface area contributed by atoms with Crippen LogP contribution in [0.4, 0.5) is 5.69 Å². The highest BCUT2D eigenvalue weighted by molar-refractivity contribution is 8.00. The van der Waals surface area contributed by atoms with Crippen LogP contribution in [0.5, 0.6) is 0 Å². The fourth-order valence-corrected chi connectivity index (χ4v) is 2.43. The third-order valence-electron chi connectivity index (χ3n) is 2.48. The molecular formula is C12H11N3O2S. The van der Waals surface area contributed by atoms with Crippen molar-refractivity contribution in [1.29, 1.82) is 5.26 Å². The molecule has 2 amide bonds. The molecule has 0 radical (unpaired) electrons. The van der Waals surface area contributed by atoms with Gasteiger partial charge in [-0.2, -0.15) is 5.26 Å². The van der Waals surface area contributed by atoms with Gasteiger partial charge in [-0.25, -0.2) is 0 Å². The van der Waals surface area contributed by atoms with Crippen LogP contribution in [0.25, 0.3) is 0 Å². The first-order chi connectivity index (χ1) is 8.69. The lowest BCUT2D eigenvalue weighted by Crippen LogP contribution is -2.24. The second-order valence-corrected chi connectivity index (χ2v) is 4.80. The van der Waals surface area contributed by atoms with E-state index < -0.39 is 5.91 Å². The normalized spacial score (nSPS) is 13.2. The molecule has 1 aliphatic heterocycles. The van der Waals surface area contributed by atoms with Crippen LogP contribution < -0.4 is 10.6 Å². The summed E-state index contributed by atoms with van der Waals surface area (Å²) in [5.74, 6) is -0.177. The summed E-state index contributed by atoms with van der Waals surface area (Å²) < 4.78 is 0. The van der Waals surface area contributed by atoms with Gasteiger partial charge < -0.3 is 10.6 Å². The van der Waals surface area contributed by atoms with Crippen LogP contribution >= 0.6 is 11.8 Å². The van der Waals surface area contributed by atoms with E-state index in [0.29, 0.717) is 18.7 Å². The lowest BCUT2D eigenvalue weighted by atomic mass is 10.1. The van der Waals surface area contributed by atoms with Crippen molar-refractivity contribution in [2.75, 3.05) is 17.6 Å². The van der Waals surface area contributed by atoms with Crippen molar-refractivity contribution in [3.8, 4) is 6.07 Å². The second-order valence-electron chi connectivity index (χ2n) is 3.79. The predicted octanol–water partition coefficient (Wildman–Crippen LogP) is 0.913. The van der Waals surface area contributed by atoms with Crippen LogP contribution in [0.15, 0.2) is 23.1 Å². The molecule has 0 aliphatic carbocycles. The van der Waals surface area contributed by atoms with E-state index in [1.54, 1.807) is 0 Å². The summed E-state index contributed by atoms with van der Waals surface area (Å²) in [6, 6.07) is 7.32. The van der Waals surface area contributed by atoms with Crippen molar-refractivity contribution in [1.82, 2.24) is 5.32 Å². The van der Waals surface area contributed by atoms with Crippen LogP contribution in [0.2, 0.25) is 0 Å². The topological polar surface area (TPSA) is 82.0 Å². The number of amides is 2. The molecule has 0 saturated heterocycles. The van der Waals surface area contributed by atoms with E-state index in [-0.39, 0.29) is 5.91 Å². The van der Waals surface area contributed by atoms with Crippen molar-refractivity contribution >= 4 is 29.3 Å². The van der Waals surface area contributed by atoms with Crippen molar-refractivity contribution in [2.45, 2.75) is 11.3 Å². The Balaban J connectivity index is 1.98. The third kappa shape index (κ3) is 3.02. The number of nitriles is 1. The smallest absolute Gasteiger partial charge is 0.322 e. The molecule has 0 bridgehead atoms. The average Bonchev–Trinajstić information content (AvgIpc) is 2.38. The molecule has 0 spiro atoms. The third-order valence-corrected chi connectivity index (χ3v) is 3.55. The molecule has 2 N–H and O–H groups in total. The quantitative estimate of drug-likeness (QED) is 0.792. The Morgan fingerprint density at radius 3 is 3.17 bits per heavy atom.